The summed E-state index contributed by atoms with van der Waals surface area (Å²) in [7, 11) is 5.64. The van der Waals surface area contributed by atoms with Gasteiger partial charge < -0.3 is 19.1 Å². The number of aromatic nitrogens is 3. The highest BCUT2D eigenvalue weighted by Gasteiger charge is 2.29. The molecule has 0 saturated carbocycles. The molecule has 1 atom stereocenters. The number of carbonyl (C=O) groups excluding carboxylic acids is 1. The number of piperidine rings is 1. The third kappa shape index (κ3) is 3.70. The van der Waals surface area contributed by atoms with Crippen LogP contribution >= 0.6 is 0 Å². The zero-order valence-electron chi connectivity index (χ0n) is 14.9. The molecule has 2 amide bonds. The van der Waals surface area contributed by atoms with Crippen LogP contribution in [0.4, 0.5) is 4.79 Å². The predicted octanol–water partition coefficient (Wildman–Crippen LogP) is 0.508. The molecular formula is C16H28N6O2. The number of hydrogen-bond donors (Lipinski definition) is 0. The van der Waals surface area contributed by atoms with Gasteiger partial charge in [0.2, 0.25) is 0 Å². The number of amides is 2. The molecule has 0 unspecified atom stereocenters. The number of hydrogen-bond acceptors (Lipinski definition) is 5. The number of urea groups is 1. The molecule has 0 spiro atoms. The van der Waals surface area contributed by atoms with E-state index in [1.807, 2.05) is 11.9 Å². The average Bonchev–Trinajstić information content (AvgIpc) is 2.96. The highest BCUT2D eigenvalue weighted by Crippen LogP contribution is 2.26. The Balaban J connectivity index is 1.67. The van der Waals surface area contributed by atoms with Crippen LogP contribution in [-0.4, -0.2) is 89.0 Å². The first kappa shape index (κ1) is 17.2. The van der Waals surface area contributed by atoms with Crippen molar-refractivity contribution in [3.8, 4) is 0 Å². The minimum Gasteiger partial charge on any atom is -0.379 e. The van der Waals surface area contributed by atoms with Crippen LogP contribution in [0.25, 0.3) is 0 Å². The molecule has 1 aromatic rings. The normalized spacial score (nSPS) is 22.6. The number of morpholine rings is 1. The fourth-order valence-corrected chi connectivity index (χ4v) is 3.47. The van der Waals surface area contributed by atoms with Crippen LogP contribution < -0.4 is 0 Å². The molecule has 8 heteroatoms. The third-order valence-electron chi connectivity index (χ3n) is 4.91. The van der Waals surface area contributed by atoms with E-state index in [1.54, 1.807) is 19.0 Å². The molecule has 0 radical (unpaired) electrons. The maximum atomic E-state index is 12.2. The largest absolute Gasteiger partial charge is 0.379 e. The standard InChI is InChI=1S/C16H28N6O2/c1-19(2)16(23)22-6-4-5-13(11-22)15-18-17-14(20(15)3)12-21-7-9-24-10-8-21/h13H,4-12H2,1-3H3/t13-/m1/s1. The summed E-state index contributed by atoms with van der Waals surface area (Å²) < 4.78 is 7.51. The number of ether oxygens (including phenoxy) is 1. The first-order valence-electron chi connectivity index (χ1n) is 8.70. The maximum Gasteiger partial charge on any atom is 0.319 e. The van der Waals surface area contributed by atoms with Gasteiger partial charge in [0.15, 0.2) is 0 Å². The van der Waals surface area contributed by atoms with Gasteiger partial charge in [-0.1, -0.05) is 0 Å². The van der Waals surface area contributed by atoms with E-state index in [2.05, 4.69) is 19.7 Å². The molecule has 2 aliphatic rings. The smallest absolute Gasteiger partial charge is 0.319 e. The third-order valence-corrected chi connectivity index (χ3v) is 4.91. The molecule has 2 fully saturated rings. The Morgan fingerprint density at radius 3 is 2.71 bits per heavy atom. The second kappa shape index (κ2) is 7.48. The van der Waals surface area contributed by atoms with Gasteiger partial charge in [-0.15, -0.1) is 10.2 Å². The lowest BCUT2D eigenvalue weighted by atomic mass is 9.97. The van der Waals surface area contributed by atoms with Crippen LogP contribution in [0.2, 0.25) is 0 Å². The molecule has 3 rings (SSSR count). The number of carbonyl (C=O) groups is 1. The maximum absolute atomic E-state index is 12.2. The van der Waals surface area contributed by atoms with E-state index in [0.29, 0.717) is 0 Å². The van der Waals surface area contributed by atoms with Gasteiger partial charge >= 0.3 is 6.03 Å². The molecule has 134 valence electrons. The van der Waals surface area contributed by atoms with Gasteiger partial charge in [0.1, 0.15) is 11.6 Å². The van der Waals surface area contributed by atoms with E-state index in [9.17, 15) is 4.79 Å². The van der Waals surface area contributed by atoms with Crippen molar-refractivity contribution in [2.24, 2.45) is 7.05 Å². The van der Waals surface area contributed by atoms with Crippen LogP contribution in [0.5, 0.6) is 0 Å². The van der Waals surface area contributed by atoms with Gasteiger partial charge in [0, 0.05) is 53.2 Å². The van der Waals surface area contributed by atoms with Crippen molar-refractivity contribution in [2.75, 3.05) is 53.5 Å². The van der Waals surface area contributed by atoms with Crippen LogP contribution in [0.1, 0.15) is 30.4 Å². The lowest BCUT2D eigenvalue weighted by molar-refractivity contribution is 0.0326. The minimum absolute atomic E-state index is 0.0791. The Morgan fingerprint density at radius 2 is 2.00 bits per heavy atom. The van der Waals surface area contributed by atoms with Crippen molar-refractivity contribution >= 4 is 6.03 Å². The summed E-state index contributed by atoms with van der Waals surface area (Å²) in [6.07, 6.45) is 2.07. The summed E-state index contributed by atoms with van der Waals surface area (Å²) >= 11 is 0. The highest BCUT2D eigenvalue weighted by molar-refractivity contribution is 5.74. The minimum atomic E-state index is 0.0791. The molecule has 0 aliphatic carbocycles. The van der Waals surface area contributed by atoms with Gasteiger partial charge in [-0.2, -0.15) is 0 Å². The van der Waals surface area contributed by atoms with Crippen LogP contribution in [0, 0.1) is 0 Å². The highest BCUT2D eigenvalue weighted by atomic mass is 16.5. The topological polar surface area (TPSA) is 66.7 Å². The van der Waals surface area contributed by atoms with E-state index in [1.165, 1.54) is 0 Å². The first-order chi connectivity index (χ1) is 11.6. The summed E-state index contributed by atoms with van der Waals surface area (Å²) in [5, 5.41) is 8.85. The Kier molecular flexibility index (Phi) is 5.35. The molecule has 0 N–H and O–H groups in total. The quantitative estimate of drug-likeness (QED) is 0.804. The van der Waals surface area contributed by atoms with Crippen molar-refractivity contribution in [2.45, 2.75) is 25.3 Å². The average molecular weight is 336 g/mol. The van der Waals surface area contributed by atoms with E-state index in [4.69, 9.17) is 4.74 Å². The van der Waals surface area contributed by atoms with Crippen molar-refractivity contribution in [1.82, 2.24) is 29.5 Å². The molecule has 0 bridgehead atoms. The first-order valence-corrected chi connectivity index (χ1v) is 8.70. The van der Waals surface area contributed by atoms with E-state index in [-0.39, 0.29) is 11.9 Å². The predicted molar refractivity (Wildman–Crippen MR) is 89.7 cm³/mol. The van der Waals surface area contributed by atoms with Crippen molar-refractivity contribution in [1.29, 1.82) is 0 Å². The molecule has 2 saturated heterocycles. The zero-order chi connectivity index (χ0) is 17.1. The fourth-order valence-electron chi connectivity index (χ4n) is 3.47. The summed E-state index contributed by atoms with van der Waals surface area (Å²) in [5.74, 6) is 2.25. The second-order valence-electron chi connectivity index (χ2n) is 6.88. The van der Waals surface area contributed by atoms with Crippen molar-refractivity contribution < 1.29 is 9.53 Å². The molecular weight excluding hydrogens is 308 g/mol. The van der Waals surface area contributed by atoms with Crippen LogP contribution in [-0.2, 0) is 18.3 Å². The van der Waals surface area contributed by atoms with Gasteiger partial charge in [-0.25, -0.2) is 4.79 Å². The van der Waals surface area contributed by atoms with Crippen molar-refractivity contribution in [3.63, 3.8) is 0 Å². The Bertz CT molecular complexity index is 567. The van der Waals surface area contributed by atoms with Gasteiger partial charge in [0.05, 0.1) is 19.8 Å². The monoisotopic (exact) mass is 336 g/mol. The SMILES string of the molecule is CN(C)C(=O)N1CCC[C@@H](c2nnc(CN3CCOCC3)n2C)C1. The number of likely N-dealkylation sites (tertiary alicyclic amines) is 1. The van der Waals surface area contributed by atoms with E-state index in [0.717, 1.165) is 70.4 Å². The molecule has 0 aromatic carbocycles. The molecule has 2 aliphatic heterocycles. The molecule has 3 heterocycles. The lowest BCUT2D eigenvalue weighted by Crippen LogP contribution is -2.44. The fraction of sp³-hybridized carbons (Fsp3) is 0.812. The second-order valence-corrected chi connectivity index (χ2v) is 6.88. The number of nitrogens with zero attached hydrogens (tertiary/aromatic N) is 6. The Labute approximate surface area is 143 Å². The molecule has 24 heavy (non-hydrogen) atoms. The van der Waals surface area contributed by atoms with Gasteiger partial charge in [-0.3, -0.25) is 4.90 Å². The van der Waals surface area contributed by atoms with E-state index < -0.39 is 0 Å². The Morgan fingerprint density at radius 1 is 1.25 bits per heavy atom. The summed E-state index contributed by atoms with van der Waals surface area (Å²) in [5.41, 5.74) is 0. The summed E-state index contributed by atoms with van der Waals surface area (Å²) in [4.78, 5) is 18.1. The Hall–Kier alpha value is -1.67. The lowest BCUT2D eigenvalue weighted by Gasteiger charge is -2.34. The number of rotatable bonds is 3. The van der Waals surface area contributed by atoms with Crippen LogP contribution in [0.3, 0.4) is 0 Å². The molecule has 8 nitrogen and oxygen atoms in total. The zero-order valence-corrected chi connectivity index (χ0v) is 14.9. The van der Waals surface area contributed by atoms with Gasteiger partial charge in [-0.05, 0) is 12.8 Å². The summed E-state index contributed by atoms with van der Waals surface area (Å²) in [6, 6.07) is 0.0791. The molecule has 1 aromatic heterocycles. The van der Waals surface area contributed by atoms with Crippen LogP contribution in [0.15, 0.2) is 0 Å². The summed E-state index contributed by atoms with van der Waals surface area (Å²) in [6.45, 7) is 5.81. The van der Waals surface area contributed by atoms with E-state index >= 15 is 0 Å². The van der Waals surface area contributed by atoms with Crippen molar-refractivity contribution in [3.05, 3.63) is 11.6 Å². The van der Waals surface area contributed by atoms with Gasteiger partial charge in [0.25, 0.3) is 0 Å².